The molecule has 0 saturated heterocycles. The number of aromatic nitrogens is 1. The van der Waals surface area contributed by atoms with Crippen LogP contribution in [0.4, 0.5) is 0 Å². The van der Waals surface area contributed by atoms with Gasteiger partial charge in [0.15, 0.2) is 12.4 Å². The van der Waals surface area contributed by atoms with E-state index in [0.717, 1.165) is 10.9 Å². The van der Waals surface area contributed by atoms with Gasteiger partial charge in [-0.05, 0) is 24.3 Å². The summed E-state index contributed by atoms with van der Waals surface area (Å²) in [5.74, 6) is -0.204. The number of aromatic amines is 1. The van der Waals surface area contributed by atoms with E-state index in [1.165, 1.54) is 0 Å². The van der Waals surface area contributed by atoms with Gasteiger partial charge in [0.2, 0.25) is 0 Å². The highest BCUT2D eigenvalue weighted by Crippen LogP contribution is 2.14. The van der Waals surface area contributed by atoms with Crippen molar-refractivity contribution in [2.24, 2.45) is 0 Å². The molecule has 1 aromatic heterocycles. The van der Waals surface area contributed by atoms with Crippen molar-refractivity contribution < 1.29 is 14.3 Å². The third-order valence-electron chi connectivity index (χ3n) is 2.16. The van der Waals surface area contributed by atoms with Gasteiger partial charge in [-0.1, -0.05) is 0 Å². The van der Waals surface area contributed by atoms with Gasteiger partial charge in [-0.15, -0.1) is 0 Å². The molecule has 4 nitrogen and oxygen atoms in total. The van der Waals surface area contributed by atoms with Gasteiger partial charge in [0.1, 0.15) is 0 Å². The monoisotopic (exact) mass is 203 g/mol. The van der Waals surface area contributed by atoms with Gasteiger partial charge in [0.05, 0.1) is 0 Å². The molecule has 2 rings (SSSR count). The van der Waals surface area contributed by atoms with Crippen molar-refractivity contribution in [1.29, 1.82) is 0 Å². The number of carbonyl (C=O) groups excluding carboxylic acids is 2. The Bertz CT molecular complexity index is 501. The van der Waals surface area contributed by atoms with E-state index in [1.807, 2.05) is 12.1 Å². The first-order chi connectivity index (χ1) is 7.31. The summed E-state index contributed by atoms with van der Waals surface area (Å²) in [6.07, 6.45) is 1.81. The second-order valence-corrected chi connectivity index (χ2v) is 3.11. The van der Waals surface area contributed by atoms with Gasteiger partial charge in [0.25, 0.3) is 6.47 Å². The second kappa shape index (κ2) is 3.96. The van der Waals surface area contributed by atoms with Crippen molar-refractivity contribution in [2.75, 3.05) is 6.61 Å². The van der Waals surface area contributed by atoms with Crippen molar-refractivity contribution in [3.05, 3.63) is 36.0 Å². The second-order valence-electron chi connectivity index (χ2n) is 3.11. The lowest BCUT2D eigenvalue weighted by Gasteiger charge is -1.99. The quantitative estimate of drug-likeness (QED) is 0.605. The van der Waals surface area contributed by atoms with E-state index < -0.39 is 0 Å². The van der Waals surface area contributed by atoms with Crippen molar-refractivity contribution in [1.82, 2.24) is 4.98 Å². The van der Waals surface area contributed by atoms with Crippen LogP contribution in [0.2, 0.25) is 0 Å². The fraction of sp³-hybridized carbons (Fsp3) is 0.0909. The minimum atomic E-state index is -0.209. The summed E-state index contributed by atoms with van der Waals surface area (Å²) in [6.45, 7) is 0.0617. The molecular formula is C11H9NO3. The highest BCUT2D eigenvalue weighted by Gasteiger charge is 2.06. The number of rotatable bonds is 4. The molecule has 1 aromatic carbocycles. The number of fused-ring (bicyclic) bond motifs is 1. The average Bonchev–Trinajstić information content (AvgIpc) is 2.72. The molecule has 4 heteroatoms. The molecule has 0 bridgehead atoms. The number of nitrogens with one attached hydrogen (secondary N) is 1. The molecule has 76 valence electrons. The third-order valence-corrected chi connectivity index (χ3v) is 2.16. The van der Waals surface area contributed by atoms with Crippen molar-refractivity contribution in [3.8, 4) is 0 Å². The van der Waals surface area contributed by atoms with Gasteiger partial charge < -0.3 is 9.72 Å². The maximum absolute atomic E-state index is 11.5. The fourth-order valence-electron chi connectivity index (χ4n) is 1.42. The predicted octanol–water partition coefficient (Wildman–Crippen LogP) is 1.52. The number of hydrogen-bond donors (Lipinski definition) is 1. The normalized spacial score (nSPS) is 10.1. The lowest BCUT2D eigenvalue weighted by molar-refractivity contribution is -0.127. The van der Waals surface area contributed by atoms with Crippen LogP contribution in [0.3, 0.4) is 0 Å². The van der Waals surface area contributed by atoms with Gasteiger partial charge in [-0.3, -0.25) is 9.59 Å². The molecule has 0 spiro atoms. The van der Waals surface area contributed by atoms with Crippen LogP contribution >= 0.6 is 0 Å². The first-order valence-electron chi connectivity index (χ1n) is 4.47. The first-order valence-corrected chi connectivity index (χ1v) is 4.47. The summed E-state index contributed by atoms with van der Waals surface area (Å²) in [4.78, 5) is 24.4. The van der Waals surface area contributed by atoms with Crippen molar-refractivity contribution in [2.45, 2.75) is 0 Å². The van der Waals surface area contributed by atoms with Crippen LogP contribution in [0.1, 0.15) is 10.4 Å². The Morgan fingerprint density at radius 1 is 1.40 bits per heavy atom. The summed E-state index contributed by atoms with van der Waals surface area (Å²) >= 11 is 0. The minimum Gasteiger partial charge on any atom is -0.459 e. The van der Waals surface area contributed by atoms with Crippen LogP contribution in [0.5, 0.6) is 0 Å². The van der Waals surface area contributed by atoms with Gasteiger partial charge in [-0.2, -0.15) is 0 Å². The van der Waals surface area contributed by atoms with Crippen LogP contribution in [0, 0.1) is 0 Å². The third kappa shape index (κ3) is 1.88. The molecule has 0 saturated carbocycles. The van der Waals surface area contributed by atoms with E-state index in [9.17, 15) is 9.59 Å². The summed E-state index contributed by atoms with van der Waals surface area (Å²) in [6, 6.07) is 7.17. The largest absolute Gasteiger partial charge is 0.459 e. The topological polar surface area (TPSA) is 59.2 Å². The number of benzene rings is 1. The standard InChI is InChI=1S/C11H9NO3/c13-7-15-6-11(14)9-1-2-10-8(5-9)3-4-12-10/h1-5,7,12H,6H2. The highest BCUT2D eigenvalue weighted by atomic mass is 16.5. The zero-order valence-electron chi connectivity index (χ0n) is 7.90. The fourth-order valence-corrected chi connectivity index (χ4v) is 1.42. The van der Waals surface area contributed by atoms with Gasteiger partial charge in [0, 0.05) is 22.7 Å². The molecule has 0 aliphatic rings. The van der Waals surface area contributed by atoms with E-state index in [-0.39, 0.29) is 18.9 Å². The molecule has 1 heterocycles. The molecule has 0 amide bonds. The van der Waals surface area contributed by atoms with Crippen LogP contribution in [0.15, 0.2) is 30.5 Å². The lowest BCUT2D eigenvalue weighted by Crippen LogP contribution is -2.07. The lowest BCUT2D eigenvalue weighted by atomic mass is 10.1. The van der Waals surface area contributed by atoms with Crippen LogP contribution in [0.25, 0.3) is 10.9 Å². The number of carbonyl (C=O) groups is 2. The number of hydrogen-bond acceptors (Lipinski definition) is 3. The Morgan fingerprint density at radius 3 is 3.07 bits per heavy atom. The molecule has 0 radical (unpaired) electrons. The van der Waals surface area contributed by atoms with E-state index in [2.05, 4.69) is 9.72 Å². The Morgan fingerprint density at radius 2 is 2.27 bits per heavy atom. The Hall–Kier alpha value is -2.10. The highest BCUT2D eigenvalue weighted by molar-refractivity contribution is 6.00. The number of ether oxygens (including phenoxy) is 1. The summed E-state index contributed by atoms with van der Waals surface area (Å²) in [5, 5.41) is 0.965. The zero-order valence-corrected chi connectivity index (χ0v) is 7.90. The van der Waals surface area contributed by atoms with Crippen molar-refractivity contribution >= 4 is 23.2 Å². The Balaban J connectivity index is 2.27. The summed E-state index contributed by atoms with van der Waals surface area (Å²) < 4.78 is 4.41. The van der Waals surface area contributed by atoms with E-state index in [1.54, 1.807) is 18.3 Å². The molecule has 15 heavy (non-hydrogen) atoms. The van der Waals surface area contributed by atoms with Gasteiger partial charge >= 0.3 is 0 Å². The first kappa shape index (κ1) is 9.45. The van der Waals surface area contributed by atoms with E-state index in [0.29, 0.717) is 5.56 Å². The predicted molar refractivity (Wildman–Crippen MR) is 54.6 cm³/mol. The Kier molecular flexibility index (Phi) is 2.49. The van der Waals surface area contributed by atoms with E-state index in [4.69, 9.17) is 0 Å². The smallest absolute Gasteiger partial charge is 0.293 e. The zero-order chi connectivity index (χ0) is 10.7. The number of ketones is 1. The van der Waals surface area contributed by atoms with Crippen LogP contribution in [-0.4, -0.2) is 23.8 Å². The molecule has 0 unspecified atom stereocenters. The molecule has 0 aliphatic carbocycles. The molecule has 2 aromatic rings. The van der Waals surface area contributed by atoms with Crippen LogP contribution < -0.4 is 0 Å². The maximum Gasteiger partial charge on any atom is 0.293 e. The average molecular weight is 203 g/mol. The number of Topliss-reactive ketones (excluding diaryl/α,β-unsaturated/α-hetero) is 1. The maximum atomic E-state index is 11.5. The molecule has 1 N–H and O–H groups in total. The van der Waals surface area contributed by atoms with Crippen LogP contribution in [-0.2, 0) is 9.53 Å². The van der Waals surface area contributed by atoms with Gasteiger partial charge in [-0.25, -0.2) is 0 Å². The molecule has 0 atom stereocenters. The van der Waals surface area contributed by atoms with Crippen molar-refractivity contribution in [3.63, 3.8) is 0 Å². The minimum absolute atomic E-state index is 0.204. The Labute approximate surface area is 85.9 Å². The SMILES string of the molecule is O=COCC(=O)c1ccc2[nH]ccc2c1. The molecular weight excluding hydrogens is 194 g/mol. The summed E-state index contributed by atoms with van der Waals surface area (Å²) in [5.41, 5.74) is 1.52. The van der Waals surface area contributed by atoms with E-state index >= 15 is 0 Å². The molecule has 0 aliphatic heterocycles. The molecule has 0 fully saturated rings. The summed E-state index contributed by atoms with van der Waals surface area (Å²) in [7, 11) is 0. The number of H-pyrrole nitrogens is 1.